The Bertz CT molecular complexity index is 106. The van der Waals surface area contributed by atoms with Gasteiger partial charge in [-0.25, -0.2) is 0 Å². The van der Waals surface area contributed by atoms with Gasteiger partial charge in [-0.1, -0.05) is 0 Å². The number of rotatable bonds is 2. The first kappa shape index (κ1) is 7.98. The number of β-amino-alcohol motifs (C(OH)–C–C–N with tert-alkyl or cyclic N) is 1. The van der Waals surface area contributed by atoms with Gasteiger partial charge in [0.05, 0.1) is 6.10 Å². The molecule has 1 fully saturated rings. The largest absolute Gasteiger partial charge is 0.392 e. The van der Waals surface area contributed by atoms with Crippen LogP contribution in [0.15, 0.2) is 0 Å². The first-order valence-corrected chi connectivity index (χ1v) is 3.84. The SMILES string of the molecule is C[C@@H](O)CN1CC[C@H](N)C1. The molecule has 1 saturated heterocycles. The summed E-state index contributed by atoms with van der Waals surface area (Å²) in [5, 5.41) is 9.02. The van der Waals surface area contributed by atoms with E-state index < -0.39 is 0 Å². The molecular weight excluding hydrogens is 128 g/mol. The van der Waals surface area contributed by atoms with Crippen LogP contribution in [-0.2, 0) is 0 Å². The summed E-state index contributed by atoms with van der Waals surface area (Å²) in [4.78, 5) is 2.20. The lowest BCUT2D eigenvalue weighted by molar-refractivity contribution is 0.140. The number of aliphatic hydroxyl groups excluding tert-OH is 1. The van der Waals surface area contributed by atoms with Gasteiger partial charge < -0.3 is 10.8 Å². The maximum absolute atomic E-state index is 9.02. The van der Waals surface area contributed by atoms with Crippen molar-refractivity contribution in [2.45, 2.75) is 25.5 Å². The molecule has 1 aliphatic heterocycles. The Balaban J connectivity index is 2.18. The zero-order chi connectivity index (χ0) is 7.56. The van der Waals surface area contributed by atoms with Crippen LogP contribution in [0.5, 0.6) is 0 Å². The highest BCUT2D eigenvalue weighted by Crippen LogP contribution is 2.06. The Morgan fingerprint density at radius 1 is 1.80 bits per heavy atom. The van der Waals surface area contributed by atoms with Crippen LogP contribution < -0.4 is 5.73 Å². The summed E-state index contributed by atoms with van der Waals surface area (Å²) in [6.07, 6.45) is 0.859. The van der Waals surface area contributed by atoms with E-state index in [4.69, 9.17) is 10.8 Å². The van der Waals surface area contributed by atoms with Crippen LogP contribution in [0.1, 0.15) is 13.3 Å². The van der Waals surface area contributed by atoms with Crippen molar-refractivity contribution in [2.75, 3.05) is 19.6 Å². The molecule has 0 spiro atoms. The minimum absolute atomic E-state index is 0.217. The van der Waals surface area contributed by atoms with Gasteiger partial charge in [-0.2, -0.15) is 0 Å². The van der Waals surface area contributed by atoms with Crippen molar-refractivity contribution in [1.29, 1.82) is 0 Å². The highest BCUT2D eigenvalue weighted by molar-refractivity contribution is 4.78. The summed E-state index contributed by atoms with van der Waals surface area (Å²) in [5.74, 6) is 0. The summed E-state index contributed by atoms with van der Waals surface area (Å²) >= 11 is 0. The van der Waals surface area contributed by atoms with Gasteiger partial charge in [0.2, 0.25) is 0 Å². The second kappa shape index (κ2) is 3.32. The van der Waals surface area contributed by atoms with Crippen molar-refractivity contribution < 1.29 is 5.11 Å². The van der Waals surface area contributed by atoms with Crippen LogP contribution in [0.3, 0.4) is 0 Å². The molecule has 0 amide bonds. The number of nitrogens with zero attached hydrogens (tertiary/aromatic N) is 1. The van der Waals surface area contributed by atoms with Gasteiger partial charge in [-0.15, -0.1) is 0 Å². The zero-order valence-electron chi connectivity index (χ0n) is 6.45. The van der Waals surface area contributed by atoms with Gasteiger partial charge in [0.25, 0.3) is 0 Å². The fourth-order valence-corrected chi connectivity index (χ4v) is 1.40. The number of likely N-dealkylation sites (tertiary alicyclic amines) is 1. The quantitative estimate of drug-likeness (QED) is 0.544. The summed E-state index contributed by atoms with van der Waals surface area (Å²) in [7, 11) is 0. The maximum Gasteiger partial charge on any atom is 0.0639 e. The Labute approximate surface area is 61.8 Å². The Morgan fingerprint density at radius 2 is 2.50 bits per heavy atom. The monoisotopic (exact) mass is 144 g/mol. The van der Waals surface area contributed by atoms with Crippen molar-refractivity contribution in [3.8, 4) is 0 Å². The summed E-state index contributed by atoms with van der Waals surface area (Å²) < 4.78 is 0. The van der Waals surface area contributed by atoms with Crippen LogP contribution in [0.25, 0.3) is 0 Å². The van der Waals surface area contributed by atoms with E-state index in [1.54, 1.807) is 0 Å². The van der Waals surface area contributed by atoms with E-state index in [-0.39, 0.29) is 6.10 Å². The van der Waals surface area contributed by atoms with Gasteiger partial charge in [0.1, 0.15) is 0 Å². The lowest BCUT2D eigenvalue weighted by Crippen LogP contribution is -2.31. The van der Waals surface area contributed by atoms with Gasteiger partial charge in [-0.05, 0) is 19.9 Å². The molecule has 60 valence electrons. The van der Waals surface area contributed by atoms with Crippen molar-refractivity contribution in [3.05, 3.63) is 0 Å². The highest BCUT2D eigenvalue weighted by atomic mass is 16.3. The second-order valence-electron chi connectivity index (χ2n) is 3.16. The van der Waals surface area contributed by atoms with E-state index in [0.29, 0.717) is 6.04 Å². The first-order chi connectivity index (χ1) is 4.68. The molecule has 0 radical (unpaired) electrons. The standard InChI is InChI=1S/C7H16N2O/c1-6(10)4-9-3-2-7(8)5-9/h6-7,10H,2-5,8H2,1H3/t6-,7+/m1/s1. The van der Waals surface area contributed by atoms with E-state index >= 15 is 0 Å². The lowest BCUT2D eigenvalue weighted by Gasteiger charge is -2.16. The predicted molar refractivity (Wildman–Crippen MR) is 40.7 cm³/mol. The Hall–Kier alpha value is -0.120. The van der Waals surface area contributed by atoms with E-state index in [1.165, 1.54) is 0 Å². The molecule has 0 bridgehead atoms. The van der Waals surface area contributed by atoms with E-state index in [1.807, 2.05) is 6.92 Å². The van der Waals surface area contributed by atoms with Crippen LogP contribution in [-0.4, -0.2) is 41.8 Å². The van der Waals surface area contributed by atoms with Gasteiger partial charge in [0.15, 0.2) is 0 Å². The zero-order valence-corrected chi connectivity index (χ0v) is 6.45. The minimum Gasteiger partial charge on any atom is -0.392 e. The third kappa shape index (κ3) is 2.25. The van der Waals surface area contributed by atoms with Gasteiger partial charge in [0, 0.05) is 19.1 Å². The van der Waals surface area contributed by atoms with Crippen molar-refractivity contribution >= 4 is 0 Å². The number of nitrogens with two attached hydrogens (primary N) is 1. The molecule has 0 aromatic carbocycles. The molecule has 0 aromatic heterocycles. The molecule has 0 unspecified atom stereocenters. The van der Waals surface area contributed by atoms with E-state index in [9.17, 15) is 0 Å². The lowest BCUT2D eigenvalue weighted by atomic mass is 10.3. The second-order valence-corrected chi connectivity index (χ2v) is 3.16. The van der Waals surface area contributed by atoms with Crippen molar-refractivity contribution in [3.63, 3.8) is 0 Å². The fourth-order valence-electron chi connectivity index (χ4n) is 1.40. The molecule has 1 rings (SSSR count). The summed E-state index contributed by atoms with van der Waals surface area (Å²) in [6, 6.07) is 0.332. The molecule has 3 N–H and O–H groups in total. The molecular formula is C7H16N2O. The van der Waals surface area contributed by atoms with Gasteiger partial charge >= 0.3 is 0 Å². The van der Waals surface area contributed by atoms with Crippen LogP contribution in [0.2, 0.25) is 0 Å². The molecule has 3 nitrogen and oxygen atoms in total. The smallest absolute Gasteiger partial charge is 0.0639 e. The highest BCUT2D eigenvalue weighted by Gasteiger charge is 2.19. The molecule has 1 aliphatic rings. The summed E-state index contributed by atoms with van der Waals surface area (Å²) in [5.41, 5.74) is 5.68. The average Bonchev–Trinajstić information content (AvgIpc) is 2.13. The predicted octanol–water partition coefficient (Wildman–Crippen LogP) is -0.600. The third-order valence-corrected chi connectivity index (χ3v) is 1.83. The molecule has 1 heterocycles. The average molecular weight is 144 g/mol. The molecule has 0 saturated carbocycles. The van der Waals surface area contributed by atoms with Crippen molar-refractivity contribution in [1.82, 2.24) is 4.90 Å². The van der Waals surface area contributed by atoms with Crippen LogP contribution >= 0.6 is 0 Å². The topological polar surface area (TPSA) is 49.5 Å². The normalized spacial score (nSPS) is 30.9. The molecule has 3 heteroatoms. The van der Waals surface area contributed by atoms with Gasteiger partial charge in [-0.3, -0.25) is 4.90 Å². The number of hydrogen-bond acceptors (Lipinski definition) is 3. The fraction of sp³-hybridized carbons (Fsp3) is 1.00. The molecule has 0 aliphatic carbocycles. The van der Waals surface area contributed by atoms with Crippen molar-refractivity contribution in [2.24, 2.45) is 5.73 Å². The van der Waals surface area contributed by atoms with Crippen LogP contribution in [0.4, 0.5) is 0 Å². The maximum atomic E-state index is 9.02. The number of aliphatic hydroxyl groups is 1. The number of hydrogen-bond donors (Lipinski definition) is 2. The molecule has 10 heavy (non-hydrogen) atoms. The van der Waals surface area contributed by atoms with E-state index in [2.05, 4.69) is 4.90 Å². The Morgan fingerprint density at radius 3 is 2.90 bits per heavy atom. The third-order valence-electron chi connectivity index (χ3n) is 1.83. The van der Waals surface area contributed by atoms with E-state index in [0.717, 1.165) is 26.1 Å². The Kier molecular flexibility index (Phi) is 2.65. The molecule has 0 aromatic rings. The van der Waals surface area contributed by atoms with Crippen LogP contribution in [0, 0.1) is 0 Å². The first-order valence-electron chi connectivity index (χ1n) is 3.84. The molecule has 2 atom stereocenters. The summed E-state index contributed by atoms with van der Waals surface area (Å²) in [6.45, 7) is 4.58. The minimum atomic E-state index is -0.217.